The third kappa shape index (κ3) is 5.11. The van der Waals surface area contributed by atoms with Crippen molar-refractivity contribution >= 4 is 5.91 Å². The minimum Gasteiger partial charge on any atom is -0.378 e. The van der Waals surface area contributed by atoms with E-state index in [1.54, 1.807) is 18.3 Å². The number of benzene rings is 1. The average Bonchev–Trinajstić information content (AvgIpc) is 2.68. The smallest absolute Gasteiger partial charge is 0.253 e. The molecule has 1 aromatic heterocycles. The Morgan fingerprint density at radius 1 is 1.20 bits per heavy atom. The topological polar surface area (TPSA) is 65.5 Å². The molecule has 5 nitrogen and oxygen atoms in total. The van der Waals surface area contributed by atoms with Gasteiger partial charge in [-0.3, -0.25) is 14.7 Å². The van der Waals surface area contributed by atoms with Crippen LogP contribution in [0.4, 0.5) is 0 Å². The van der Waals surface area contributed by atoms with Gasteiger partial charge < -0.3 is 10.4 Å². The lowest BCUT2D eigenvalue weighted by molar-refractivity contribution is -0.129. The SMILES string of the molecule is O=C(NCC1CCN(Cc2ccccc2)CC1)C(O)c1cccnc1. The molecule has 1 aliphatic heterocycles. The molecule has 2 N–H and O–H groups in total. The number of carbonyl (C=O) groups is 1. The summed E-state index contributed by atoms with van der Waals surface area (Å²) in [5, 5.41) is 12.9. The van der Waals surface area contributed by atoms with Gasteiger partial charge in [0, 0.05) is 31.0 Å². The van der Waals surface area contributed by atoms with Crippen LogP contribution in [0.3, 0.4) is 0 Å². The van der Waals surface area contributed by atoms with Crippen LogP contribution in [0.1, 0.15) is 30.1 Å². The van der Waals surface area contributed by atoms with Gasteiger partial charge in [-0.2, -0.15) is 0 Å². The van der Waals surface area contributed by atoms with Crippen molar-refractivity contribution in [2.24, 2.45) is 5.92 Å². The molecule has 2 heterocycles. The molecular weight excluding hydrogens is 314 g/mol. The summed E-state index contributed by atoms with van der Waals surface area (Å²) >= 11 is 0. The van der Waals surface area contributed by atoms with Crippen LogP contribution in [0.5, 0.6) is 0 Å². The second-order valence-corrected chi connectivity index (χ2v) is 6.64. The number of piperidine rings is 1. The summed E-state index contributed by atoms with van der Waals surface area (Å²) in [7, 11) is 0. The lowest BCUT2D eigenvalue weighted by atomic mass is 9.96. The molecule has 0 aliphatic carbocycles. The summed E-state index contributed by atoms with van der Waals surface area (Å²) in [5.41, 5.74) is 1.87. The van der Waals surface area contributed by atoms with E-state index in [0.29, 0.717) is 18.0 Å². The zero-order valence-corrected chi connectivity index (χ0v) is 14.3. The lowest BCUT2D eigenvalue weighted by Gasteiger charge is -2.32. The quantitative estimate of drug-likeness (QED) is 0.846. The number of rotatable bonds is 6. The Morgan fingerprint density at radius 2 is 1.96 bits per heavy atom. The van der Waals surface area contributed by atoms with Gasteiger partial charge in [-0.25, -0.2) is 0 Å². The molecule has 1 unspecified atom stereocenters. The first-order valence-electron chi connectivity index (χ1n) is 8.84. The highest BCUT2D eigenvalue weighted by molar-refractivity contribution is 5.81. The molecule has 132 valence electrons. The molecule has 1 aliphatic rings. The molecule has 25 heavy (non-hydrogen) atoms. The maximum Gasteiger partial charge on any atom is 0.253 e. The van der Waals surface area contributed by atoms with Crippen LogP contribution in [-0.2, 0) is 11.3 Å². The fourth-order valence-electron chi connectivity index (χ4n) is 3.22. The number of amides is 1. The molecule has 0 spiro atoms. The van der Waals surface area contributed by atoms with Crippen LogP contribution in [0.25, 0.3) is 0 Å². The first kappa shape index (κ1) is 17.6. The molecule has 1 saturated heterocycles. The fourth-order valence-corrected chi connectivity index (χ4v) is 3.22. The van der Waals surface area contributed by atoms with Crippen LogP contribution < -0.4 is 5.32 Å². The van der Waals surface area contributed by atoms with Crippen molar-refractivity contribution in [1.82, 2.24) is 15.2 Å². The van der Waals surface area contributed by atoms with Crippen molar-refractivity contribution in [2.75, 3.05) is 19.6 Å². The van der Waals surface area contributed by atoms with E-state index < -0.39 is 6.10 Å². The van der Waals surface area contributed by atoms with E-state index in [9.17, 15) is 9.90 Å². The van der Waals surface area contributed by atoms with Crippen molar-refractivity contribution in [3.05, 3.63) is 66.0 Å². The second-order valence-electron chi connectivity index (χ2n) is 6.64. The van der Waals surface area contributed by atoms with E-state index in [1.807, 2.05) is 6.07 Å². The standard InChI is InChI=1S/C20H25N3O2/c24-19(18-7-4-10-21-14-18)20(25)22-13-16-8-11-23(12-9-16)15-17-5-2-1-3-6-17/h1-7,10,14,16,19,24H,8-9,11-13,15H2,(H,22,25). The molecule has 1 atom stereocenters. The average molecular weight is 339 g/mol. The van der Waals surface area contributed by atoms with Gasteiger partial charge in [0.05, 0.1) is 0 Å². The van der Waals surface area contributed by atoms with Crippen LogP contribution >= 0.6 is 0 Å². The van der Waals surface area contributed by atoms with Crippen molar-refractivity contribution in [3.63, 3.8) is 0 Å². The fraction of sp³-hybridized carbons (Fsp3) is 0.400. The molecule has 2 aromatic rings. The summed E-state index contributed by atoms with van der Waals surface area (Å²) < 4.78 is 0. The lowest BCUT2D eigenvalue weighted by Crippen LogP contribution is -2.39. The van der Waals surface area contributed by atoms with E-state index in [-0.39, 0.29) is 5.91 Å². The first-order valence-corrected chi connectivity index (χ1v) is 8.84. The molecule has 3 rings (SSSR count). The predicted octanol–water partition coefficient (Wildman–Crippen LogP) is 2.14. The molecule has 0 saturated carbocycles. The molecule has 5 heteroatoms. The number of aliphatic hydroxyl groups excluding tert-OH is 1. The summed E-state index contributed by atoms with van der Waals surface area (Å²) in [6.07, 6.45) is 4.13. The molecule has 0 radical (unpaired) electrons. The zero-order valence-electron chi connectivity index (χ0n) is 14.3. The van der Waals surface area contributed by atoms with Gasteiger partial charge >= 0.3 is 0 Å². The molecule has 1 aromatic carbocycles. The number of pyridine rings is 1. The van der Waals surface area contributed by atoms with Crippen molar-refractivity contribution in [2.45, 2.75) is 25.5 Å². The molecule has 1 fully saturated rings. The van der Waals surface area contributed by atoms with Crippen molar-refractivity contribution in [3.8, 4) is 0 Å². The Hall–Kier alpha value is -2.24. The van der Waals surface area contributed by atoms with Gasteiger partial charge in [-0.05, 0) is 43.5 Å². The third-order valence-corrected chi connectivity index (χ3v) is 4.77. The van der Waals surface area contributed by atoms with Gasteiger partial charge in [0.2, 0.25) is 0 Å². The minimum absolute atomic E-state index is 0.347. The van der Waals surface area contributed by atoms with Gasteiger partial charge in [0.1, 0.15) is 0 Å². The van der Waals surface area contributed by atoms with E-state index in [1.165, 1.54) is 11.8 Å². The highest BCUT2D eigenvalue weighted by Gasteiger charge is 2.22. The number of hydrogen-bond acceptors (Lipinski definition) is 4. The van der Waals surface area contributed by atoms with Crippen LogP contribution in [-0.4, -0.2) is 40.5 Å². The third-order valence-electron chi connectivity index (χ3n) is 4.77. The number of nitrogens with one attached hydrogen (secondary N) is 1. The van der Waals surface area contributed by atoms with Gasteiger partial charge in [0.25, 0.3) is 5.91 Å². The number of likely N-dealkylation sites (tertiary alicyclic amines) is 1. The molecule has 0 bridgehead atoms. The second kappa shape index (κ2) is 8.74. The van der Waals surface area contributed by atoms with Gasteiger partial charge in [-0.15, -0.1) is 0 Å². The number of aromatic nitrogens is 1. The predicted molar refractivity (Wildman–Crippen MR) is 96.6 cm³/mol. The minimum atomic E-state index is -1.15. The monoisotopic (exact) mass is 339 g/mol. The molecular formula is C20H25N3O2. The van der Waals surface area contributed by atoms with Crippen molar-refractivity contribution < 1.29 is 9.90 Å². The van der Waals surface area contributed by atoms with Gasteiger partial charge in [0.15, 0.2) is 6.10 Å². The Morgan fingerprint density at radius 3 is 2.64 bits per heavy atom. The summed E-state index contributed by atoms with van der Waals surface area (Å²) in [4.78, 5) is 18.5. The maximum atomic E-state index is 12.1. The maximum absolute atomic E-state index is 12.1. The largest absolute Gasteiger partial charge is 0.378 e. The van der Waals surface area contributed by atoms with E-state index in [2.05, 4.69) is 39.5 Å². The van der Waals surface area contributed by atoms with Crippen LogP contribution in [0, 0.1) is 5.92 Å². The summed E-state index contributed by atoms with van der Waals surface area (Å²) in [6.45, 7) is 3.69. The van der Waals surface area contributed by atoms with Crippen LogP contribution in [0.15, 0.2) is 54.9 Å². The number of carbonyl (C=O) groups excluding carboxylic acids is 1. The highest BCUT2D eigenvalue weighted by atomic mass is 16.3. The van der Waals surface area contributed by atoms with Crippen molar-refractivity contribution in [1.29, 1.82) is 0 Å². The van der Waals surface area contributed by atoms with Gasteiger partial charge in [-0.1, -0.05) is 36.4 Å². The highest BCUT2D eigenvalue weighted by Crippen LogP contribution is 2.19. The Bertz CT molecular complexity index is 655. The van der Waals surface area contributed by atoms with E-state index in [4.69, 9.17) is 0 Å². The van der Waals surface area contributed by atoms with E-state index >= 15 is 0 Å². The summed E-state index contributed by atoms with van der Waals surface area (Å²) in [5.74, 6) is 0.122. The van der Waals surface area contributed by atoms with E-state index in [0.717, 1.165) is 32.5 Å². The zero-order chi connectivity index (χ0) is 17.5. The van der Waals surface area contributed by atoms with Crippen LogP contribution in [0.2, 0.25) is 0 Å². The first-order chi connectivity index (χ1) is 12.2. The Kier molecular flexibility index (Phi) is 6.14. The Balaban J connectivity index is 1.40. The number of nitrogens with zero attached hydrogens (tertiary/aromatic N) is 2. The number of hydrogen-bond donors (Lipinski definition) is 2. The number of aliphatic hydroxyl groups is 1. The normalized spacial score (nSPS) is 17.2. The Labute approximate surface area is 148 Å². The summed E-state index contributed by atoms with van der Waals surface area (Å²) in [6, 6.07) is 13.9. The molecule has 1 amide bonds.